The molecule has 0 N–H and O–H groups in total. The van der Waals surface area contributed by atoms with Crippen molar-refractivity contribution in [1.29, 1.82) is 0 Å². The van der Waals surface area contributed by atoms with Gasteiger partial charge < -0.3 is 14.0 Å². The molecule has 4 heteroatoms. The summed E-state index contributed by atoms with van der Waals surface area (Å²) in [6.45, 7) is 7.72. The van der Waals surface area contributed by atoms with Crippen molar-refractivity contribution in [3.63, 3.8) is 0 Å². The Morgan fingerprint density at radius 3 is 1.92 bits per heavy atom. The van der Waals surface area contributed by atoms with Gasteiger partial charge in [-0.05, 0) is 37.0 Å². The molecule has 0 saturated carbocycles. The van der Waals surface area contributed by atoms with Crippen molar-refractivity contribution in [2.75, 3.05) is 20.6 Å². The maximum Gasteiger partial charge on any atom is 0.317 e. The van der Waals surface area contributed by atoms with Gasteiger partial charge in [-0.2, -0.15) is 0 Å². The molecule has 2 atom stereocenters. The number of nitrogens with zero attached hydrogens (tertiary/aromatic N) is 1. The molecule has 0 bridgehead atoms. The van der Waals surface area contributed by atoms with Gasteiger partial charge in [0.05, 0.1) is 20.6 Å². The molecule has 2 rings (SSSR count). The third kappa shape index (κ3) is 13.5. The average molecular weight is 525 g/mol. The number of esters is 1. The van der Waals surface area contributed by atoms with Crippen molar-refractivity contribution >= 4 is 5.97 Å². The normalized spacial score (nSPS) is 13.2. The minimum absolute atomic E-state index is 0.164. The molecule has 0 aliphatic rings. The molecule has 0 aliphatic heterocycles. The van der Waals surface area contributed by atoms with E-state index in [9.17, 15) is 4.79 Å². The van der Waals surface area contributed by atoms with Crippen LogP contribution in [0.5, 0.6) is 5.75 Å². The van der Waals surface area contributed by atoms with Crippen LogP contribution in [0.15, 0.2) is 54.6 Å². The standard InChI is InChI=1S/C34H54NO3/c1-6-8-9-10-11-12-13-14-15-17-20-30-23-25-33(26-24-30)37-29(3)38-34(36)32(7-2)28-35(4,5)27-31-21-18-16-19-22-31/h16,18-19,21-26,29,32H,6-15,17,20,27-28H2,1-5H3/q+1. The van der Waals surface area contributed by atoms with Gasteiger partial charge in [-0.1, -0.05) is 114 Å². The molecular weight excluding hydrogens is 470 g/mol. The molecule has 2 unspecified atom stereocenters. The van der Waals surface area contributed by atoms with Gasteiger partial charge in [0.1, 0.15) is 18.2 Å². The van der Waals surface area contributed by atoms with E-state index in [1.165, 1.54) is 75.3 Å². The summed E-state index contributed by atoms with van der Waals surface area (Å²) in [6, 6.07) is 18.7. The number of ether oxygens (including phenoxy) is 2. The van der Waals surface area contributed by atoms with E-state index in [-0.39, 0.29) is 11.9 Å². The highest BCUT2D eigenvalue weighted by Crippen LogP contribution is 2.20. The summed E-state index contributed by atoms with van der Waals surface area (Å²) in [4.78, 5) is 12.9. The predicted molar refractivity (Wildman–Crippen MR) is 159 cm³/mol. The molecule has 0 radical (unpaired) electrons. The molecular formula is C34H54NO3+. The quantitative estimate of drug-likeness (QED) is 0.0752. The maximum absolute atomic E-state index is 12.9. The summed E-state index contributed by atoms with van der Waals surface area (Å²) in [7, 11) is 4.33. The van der Waals surface area contributed by atoms with Crippen LogP contribution in [0, 0.1) is 5.92 Å². The molecule has 4 nitrogen and oxygen atoms in total. The predicted octanol–water partition coefficient (Wildman–Crippen LogP) is 8.72. The number of aryl methyl sites for hydroxylation is 1. The fourth-order valence-electron chi connectivity index (χ4n) is 5.14. The molecule has 212 valence electrons. The lowest BCUT2D eigenvalue weighted by molar-refractivity contribution is -0.906. The Kier molecular flexibility index (Phi) is 15.1. The van der Waals surface area contributed by atoms with Crippen molar-refractivity contribution in [3.05, 3.63) is 65.7 Å². The number of unbranched alkanes of at least 4 members (excludes halogenated alkanes) is 9. The average Bonchev–Trinajstić information content (AvgIpc) is 2.89. The Balaban J connectivity index is 1.67. The number of hydrogen-bond acceptors (Lipinski definition) is 3. The summed E-state index contributed by atoms with van der Waals surface area (Å²) in [5, 5.41) is 0. The van der Waals surface area contributed by atoms with Crippen LogP contribution >= 0.6 is 0 Å². The van der Waals surface area contributed by atoms with E-state index in [0.29, 0.717) is 0 Å². The third-order valence-corrected chi connectivity index (χ3v) is 7.32. The van der Waals surface area contributed by atoms with E-state index < -0.39 is 6.29 Å². The zero-order valence-electron chi connectivity index (χ0n) is 24.9. The van der Waals surface area contributed by atoms with E-state index in [4.69, 9.17) is 9.47 Å². The van der Waals surface area contributed by atoms with Crippen LogP contribution in [0.1, 0.15) is 103 Å². The van der Waals surface area contributed by atoms with Gasteiger partial charge in [-0.3, -0.25) is 4.79 Å². The zero-order chi connectivity index (χ0) is 27.6. The molecule has 0 aromatic heterocycles. The largest absolute Gasteiger partial charge is 0.455 e. The topological polar surface area (TPSA) is 35.5 Å². The first-order valence-corrected chi connectivity index (χ1v) is 15.1. The van der Waals surface area contributed by atoms with E-state index in [0.717, 1.165) is 36.2 Å². The fourth-order valence-corrected chi connectivity index (χ4v) is 5.14. The fraction of sp³-hybridized carbons (Fsp3) is 0.618. The van der Waals surface area contributed by atoms with Crippen LogP contribution in [0.4, 0.5) is 0 Å². The van der Waals surface area contributed by atoms with Crippen molar-refractivity contribution in [3.8, 4) is 5.75 Å². The van der Waals surface area contributed by atoms with Crippen molar-refractivity contribution in [2.24, 2.45) is 5.92 Å². The number of quaternary nitrogens is 1. The maximum atomic E-state index is 12.9. The van der Waals surface area contributed by atoms with Gasteiger partial charge in [0.25, 0.3) is 0 Å². The second-order valence-corrected chi connectivity index (χ2v) is 11.6. The van der Waals surface area contributed by atoms with Gasteiger partial charge in [0.15, 0.2) is 0 Å². The highest BCUT2D eigenvalue weighted by molar-refractivity contribution is 5.72. The first-order valence-electron chi connectivity index (χ1n) is 15.1. The SMILES string of the molecule is CCCCCCCCCCCCc1ccc(OC(C)OC(=O)C(CC)C[N+](C)(C)Cc2ccccc2)cc1. The van der Waals surface area contributed by atoms with Crippen molar-refractivity contribution in [2.45, 2.75) is 111 Å². The van der Waals surface area contributed by atoms with Gasteiger partial charge in [0.2, 0.25) is 6.29 Å². The lowest BCUT2D eigenvalue weighted by Gasteiger charge is -2.33. The number of carbonyl (C=O) groups is 1. The van der Waals surface area contributed by atoms with Crippen molar-refractivity contribution < 1.29 is 18.8 Å². The van der Waals surface area contributed by atoms with Crippen LogP contribution in [-0.2, 0) is 22.5 Å². The van der Waals surface area contributed by atoms with Crippen LogP contribution in [0.2, 0.25) is 0 Å². The number of hydrogen-bond donors (Lipinski definition) is 0. The van der Waals surface area contributed by atoms with Crippen molar-refractivity contribution in [1.82, 2.24) is 0 Å². The number of rotatable bonds is 20. The third-order valence-electron chi connectivity index (χ3n) is 7.32. The molecule has 38 heavy (non-hydrogen) atoms. The van der Waals surface area contributed by atoms with Crippen LogP contribution < -0.4 is 4.74 Å². The van der Waals surface area contributed by atoms with Gasteiger partial charge in [0, 0.05) is 12.5 Å². The minimum atomic E-state index is -0.617. The minimum Gasteiger partial charge on any atom is -0.455 e. The molecule has 2 aromatic carbocycles. The molecule has 0 spiro atoms. The summed E-state index contributed by atoms with van der Waals surface area (Å²) < 4.78 is 12.3. The second kappa shape index (κ2) is 18.0. The van der Waals surface area contributed by atoms with Crippen LogP contribution in [0.3, 0.4) is 0 Å². The van der Waals surface area contributed by atoms with E-state index in [1.807, 2.05) is 25.1 Å². The molecule has 0 saturated heterocycles. The summed E-state index contributed by atoms with van der Waals surface area (Å²) >= 11 is 0. The van der Waals surface area contributed by atoms with Gasteiger partial charge in [-0.15, -0.1) is 0 Å². The first kappa shape index (κ1) is 31.9. The molecule has 0 fully saturated rings. The number of carbonyl (C=O) groups excluding carboxylic acids is 1. The summed E-state index contributed by atoms with van der Waals surface area (Å²) in [5.41, 5.74) is 2.61. The number of benzene rings is 2. The highest BCUT2D eigenvalue weighted by Gasteiger charge is 2.29. The molecule has 0 amide bonds. The van der Waals surface area contributed by atoms with Crippen LogP contribution in [0.25, 0.3) is 0 Å². The summed E-state index contributed by atoms with van der Waals surface area (Å²) in [6.07, 6.45) is 14.8. The first-order chi connectivity index (χ1) is 18.3. The Morgan fingerprint density at radius 2 is 1.34 bits per heavy atom. The van der Waals surface area contributed by atoms with E-state index in [1.54, 1.807) is 6.92 Å². The molecule has 0 aliphatic carbocycles. The lowest BCUT2D eigenvalue weighted by Crippen LogP contribution is -2.45. The highest BCUT2D eigenvalue weighted by atomic mass is 16.7. The Hall–Kier alpha value is -2.33. The monoisotopic (exact) mass is 524 g/mol. The Bertz CT molecular complexity index is 878. The lowest BCUT2D eigenvalue weighted by atomic mass is 10.0. The van der Waals surface area contributed by atoms with E-state index >= 15 is 0 Å². The van der Waals surface area contributed by atoms with E-state index in [2.05, 4.69) is 57.4 Å². The van der Waals surface area contributed by atoms with Gasteiger partial charge in [-0.25, -0.2) is 0 Å². The van der Waals surface area contributed by atoms with Gasteiger partial charge >= 0.3 is 5.97 Å². The smallest absolute Gasteiger partial charge is 0.317 e. The second-order valence-electron chi connectivity index (χ2n) is 11.6. The summed E-state index contributed by atoms with van der Waals surface area (Å²) in [5.74, 6) is 0.394. The Morgan fingerprint density at radius 1 is 0.763 bits per heavy atom. The molecule has 2 aromatic rings. The zero-order valence-corrected chi connectivity index (χ0v) is 24.9. The Labute approximate surface area is 233 Å². The molecule has 0 heterocycles. The van der Waals surface area contributed by atoms with Crippen LogP contribution in [-0.4, -0.2) is 37.4 Å².